The van der Waals surface area contributed by atoms with E-state index in [2.05, 4.69) is 27.7 Å². The van der Waals surface area contributed by atoms with Crippen LogP contribution < -0.4 is 0 Å². The highest BCUT2D eigenvalue weighted by atomic mass is 32.2. The van der Waals surface area contributed by atoms with Crippen LogP contribution in [0.2, 0.25) is 0 Å². The molecule has 1 N–H and O–H groups in total. The molecular formula is C15H23N3O2S. The van der Waals surface area contributed by atoms with Crippen LogP contribution in [0, 0.1) is 6.92 Å². The number of thioether (sulfide) groups is 1. The molecule has 2 aliphatic rings. The van der Waals surface area contributed by atoms with E-state index in [0.717, 1.165) is 23.7 Å². The molecule has 0 aliphatic carbocycles. The Balaban J connectivity index is 1.78. The van der Waals surface area contributed by atoms with Crippen molar-refractivity contribution < 1.29 is 9.90 Å². The van der Waals surface area contributed by atoms with E-state index in [1.807, 2.05) is 6.92 Å². The van der Waals surface area contributed by atoms with Crippen LogP contribution in [-0.2, 0) is 4.79 Å². The van der Waals surface area contributed by atoms with Gasteiger partial charge >= 0.3 is 5.97 Å². The second kappa shape index (κ2) is 6.01. The zero-order valence-electron chi connectivity index (χ0n) is 12.7. The zero-order valence-corrected chi connectivity index (χ0v) is 13.5. The molecule has 3 rings (SSSR count). The van der Waals surface area contributed by atoms with Crippen molar-refractivity contribution in [3.63, 3.8) is 0 Å². The van der Waals surface area contributed by atoms with E-state index < -0.39 is 5.97 Å². The summed E-state index contributed by atoms with van der Waals surface area (Å²) in [5.74, 6) is -0.705. The number of carbonyl (C=O) groups is 1. The van der Waals surface area contributed by atoms with Crippen LogP contribution in [0.4, 0.5) is 0 Å². The molecule has 2 aliphatic heterocycles. The predicted octanol–water partition coefficient (Wildman–Crippen LogP) is 2.56. The van der Waals surface area contributed by atoms with Crippen LogP contribution in [0.15, 0.2) is 11.4 Å². The highest BCUT2D eigenvalue weighted by molar-refractivity contribution is 7.99. The highest BCUT2D eigenvalue weighted by Gasteiger charge is 2.37. The standard InChI is InChI=1S/C15H23N3O2S/c1-10-8-18(15(16-10)21-9-14(19)20)13-6-11-4-3-5-12(7-13)17(11)2/h8,11-13H,3-7,9H2,1-2H3,(H,19,20). The third-order valence-corrected chi connectivity index (χ3v) is 5.80. The number of aliphatic carboxylic acids is 1. The lowest BCUT2D eigenvalue weighted by Gasteiger charge is -2.47. The highest BCUT2D eigenvalue weighted by Crippen LogP contribution is 2.39. The zero-order chi connectivity index (χ0) is 15.0. The van der Waals surface area contributed by atoms with Crippen molar-refractivity contribution in [2.45, 2.75) is 62.3 Å². The van der Waals surface area contributed by atoms with Crippen LogP contribution >= 0.6 is 11.8 Å². The molecule has 5 nitrogen and oxygen atoms in total. The molecule has 1 aromatic heterocycles. The minimum atomic E-state index is -0.785. The van der Waals surface area contributed by atoms with Crippen LogP contribution in [0.3, 0.4) is 0 Å². The van der Waals surface area contributed by atoms with E-state index in [0.29, 0.717) is 18.1 Å². The van der Waals surface area contributed by atoms with Gasteiger partial charge in [0.15, 0.2) is 5.16 Å². The molecule has 0 amide bonds. The van der Waals surface area contributed by atoms with E-state index in [-0.39, 0.29) is 5.75 Å². The minimum absolute atomic E-state index is 0.0793. The Hall–Kier alpha value is -1.01. The van der Waals surface area contributed by atoms with Gasteiger partial charge in [0.1, 0.15) is 0 Å². The van der Waals surface area contributed by atoms with E-state index >= 15 is 0 Å². The van der Waals surface area contributed by atoms with Gasteiger partial charge in [0, 0.05) is 24.3 Å². The number of hydrogen-bond acceptors (Lipinski definition) is 4. The molecule has 0 aromatic carbocycles. The molecule has 0 spiro atoms. The van der Waals surface area contributed by atoms with Crippen molar-refractivity contribution in [2.24, 2.45) is 0 Å². The lowest BCUT2D eigenvalue weighted by molar-refractivity contribution is -0.133. The summed E-state index contributed by atoms with van der Waals surface area (Å²) < 4.78 is 2.24. The van der Waals surface area contributed by atoms with E-state index in [1.165, 1.54) is 31.0 Å². The Morgan fingerprint density at radius 1 is 1.38 bits per heavy atom. The summed E-state index contributed by atoms with van der Waals surface area (Å²) in [5, 5.41) is 9.75. The molecule has 2 unspecified atom stereocenters. The van der Waals surface area contributed by atoms with Crippen LogP contribution in [0.25, 0.3) is 0 Å². The van der Waals surface area contributed by atoms with Crippen molar-refractivity contribution in [2.75, 3.05) is 12.8 Å². The topological polar surface area (TPSA) is 58.4 Å². The summed E-state index contributed by atoms with van der Waals surface area (Å²) >= 11 is 1.34. The van der Waals surface area contributed by atoms with Crippen LogP contribution in [0.5, 0.6) is 0 Å². The van der Waals surface area contributed by atoms with Crippen molar-refractivity contribution in [1.29, 1.82) is 0 Å². The van der Waals surface area contributed by atoms with Crippen molar-refractivity contribution in [3.05, 3.63) is 11.9 Å². The second-order valence-electron chi connectivity index (χ2n) is 6.28. The summed E-state index contributed by atoms with van der Waals surface area (Å²) in [6, 6.07) is 1.80. The average molecular weight is 309 g/mol. The van der Waals surface area contributed by atoms with E-state index in [4.69, 9.17) is 5.11 Å². The van der Waals surface area contributed by atoms with Gasteiger partial charge in [-0.3, -0.25) is 4.79 Å². The van der Waals surface area contributed by atoms with Gasteiger partial charge in [-0.25, -0.2) is 4.98 Å². The first kappa shape index (κ1) is 14.9. The lowest BCUT2D eigenvalue weighted by Crippen LogP contribution is -2.50. The number of carboxylic acid groups (broad SMARTS) is 1. The number of imidazole rings is 1. The normalized spacial score (nSPS) is 29.5. The Bertz CT molecular complexity index is 517. The monoisotopic (exact) mass is 309 g/mol. The smallest absolute Gasteiger partial charge is 0.313 e. The fraction of sp³-hybridized carbons (Fsp3) is 0.733. The number of piperidine rings is 2. The number of aromatic nitrogens is 2. The predicted molar refractivity (Wildman–Crippen MR) is 82.8 cm³/mol. The summed E-state index contributed by atoms with van der Waals surface area (Å²) in [7, 11) is 2.25. The number of carboxylic acids is 1. The molecular weight excluding hydrogens is 286 g/mol. The van der Waals surface area contributed by atoms with E-state index in [1.54, 1.807) is 0 Å². The van der Waals surface area contributed by atoms with Gasteiger partial charge in [0.2, 0.25) is 0 Å². The Morgan fingerprint density at radius 3 is 2.67 bits per heavy atom. The first-order chi connectivity index (χ1) is 10.0. The van der Waals surface area contributed by atoms with Crippen LogP contribution in [-0.4, -0.2) is 50.4 Å². The Morgan fingerprint density at radius 2 is 2.05 bits per heavy atom. The van der Waals surface area contributed by atoms with Gasteiger partial charge in [-0.05, 0) is 39.7 Å². The summed E-state index contributed by atoms with van der Waals surface area (Å²) in [6.45, 7) is 1.98. The van der Waals surface area contributed by atoms with Crippen molar-refractivity contribution in [1.82, 2.24) is 14.5 Å². The number of fused-ring (bicyclic) bond motifs is 2. The molecule has 3 heterocycles. The molecule has 116 valence electrons. The molecule has 1 aromatic rings. The summed E-state index contributed by atoms with van der Waals surface area (Å²) in [5.41, 5.74) is 0.979. The molecule has 21 heavy (non-hydrogen) atoms. The first-order valence-corrected chi connectivity index (χ1v) is 8.65. The maximum atomic E-state index is 10.8. The second-order valence-corrected chi connectivity index (χ2v) is 7.23. The maximum absolute atomic E-state index is 10.8. The maximum Gasteiger partial charge on any atom is 0.313 e. The number of aryl methyl sites for hydroxylation is 1. The van der Waals surface area contributed by atoms with Gasteiger partial charge in [-0.2, -0.15) is 0 Å². The van der Waals surface area contributed by atoms with E-state index in [9.17, 15) is 4.79 Å². The lowest BCUT2D eigenvalue weighted by atomic mass is 9.82. The van der Waals surface area contributed by atoms with Gasteiger partial charge in [0.05, 0.1) is 11.4 Å². The van der Waals surface area contributed by atoms with Crippen molar-refractivity contribution >= 4 is 17.7 Å². The third kappa shape index (κ3) is 3.11. The summed E-state index contributed by atoms with van der Waals surface area (Å²) in [6.07, 6.45) is 8.32. The Labute approximate surface area is 129 Å². The first-order valence-electron chi connectivity index (χ1n) is 7.66. The fourth-order valence-electron chi connectivity index (χ4n) is 3.80. The molecule has 6 heteroatoms. The molecule has 0 saturated carbocycles. The molecule has 0 radical (unpaired) electrons. The number of hydrogen-bond donors (Lipinski definition) is 1. The largest absolute Gasteiger partial charge is 0.481 e. The SMILES string of the molecule is Cc1cn(C2CC3CCCC(C2)N3C)c(SCC(=O)O)n1. The third-order valence-electron chi connectivity index (χ3n) is 4.85. The molecule has 2 saturated heterocycles. The fourth-order valence-corrected chi connectivity index (χ4v) is 4.61. The molecule has 2 fully saturated rings. The van der Waals surface area contributed by atoms with Gasteiger partial charge in [0.25, 0.3) is 0 Å². The number of nitrogens with zero attached hydrogens (tertiary/aromatic N) is 3. The number of rotatable bonds is 4. The summed E-state index contributed by atoms with van der Waals surface area (Å²) in [4.78, 5) is 17.9. The molecule has 2 bridgehead atoms. The molecule has 2 atom stereocenters. The van der Waals surface area contributed by atoms with Gasteiger partial charge in [-0.15, -0.1) is 0 Å². The van der Waals surface area contributed by atoms with Gasteiger partial charge in [-0.1, -0.05) is 18.2 Å². The minimum Gasteiger partial charge on any atom is -0.481 e. The van der Waals surface area contributed by atoms with Crippen molar-refractivity contribution in [3.8, 4) is 0 Å². The average Bonchev–Trinajstić information content (AvgIpc) is 2.77. The van der Waals surface area contributed by atoms with Gasteiger partial charge < -0.3 is 14.6 Å². The quantitative estimate of drug-likeness (QED) is 0.866. The van der Waals surface area contributed by atoms with Crippen LogP contribution in [0.1, 0.15) is 43.8 Å². The Kier molecular flexibility index (Phi) is 4.26.